The van der Waals surface area contributed by atoms with Gasteiger partial charge in [-0.1, -0.05) is 12.1 Å². The first-order valence-electron chi connectivity index (χ1n) is 13.2. The third-order valence-corrected chi connectivity index (χ3v) is 7.84. The zero-order valence-electron chi connectivity index (χ0n) is 24.4. The number of carbonyl (C=O) groups excluding carboxylic acids is 2. The molecule has 7 nitrogen and oxygen atoms in total. The predicted octanol–water partition coefficient (Wildman–Crippen LogP) is 5.13. The average molecular weight is 515 g/mol. The van der Waals surface area contributed by atoms with Gasteiger partial charge in [-0.2, -0.15) is 0 Å². The van der Waals surface area contributed by atoms with E-state index in [-0.39, 0.29) is 39.9 Å². The van der Waals surface area contributed by atoms with E-state index in [1.54, 1.807) is 37.5 Å². The summed E-state index contributed by atoms with van der Waals surface area (Å²) in [5.41, 5.74) is -0.0939. The molecule has 0 aromatic heterocycles. The molecule has 2 aliphatic heterocycles. The van der Waals surface area contributed by atoms with Crippen LogP contribution in [0.25, 0.3) is 6.08 Å². The molecule has 0 aliphatic carbocycles. The van der Waals surface area contributed by atoms with Gasteiger partial charge < -0.3 is 19.5 Å². The molecule has 1 aromatic rings. The number of carbonyl (C=O) groups is 2. The maximum atomic E-state index is 13.5. The molecule has 2 aliphatic rings. The van der Waals surface area contributed by atoms with Crippen molar-refractivity contribution < 1.29 is 23.8 Å². The molecule has 0 radical (unpaired) electrons. The summed E-state index contributed by atoms with van der Waals surface area (Å²) in [6.07, 6.45) is 3.62. The first-order valence-corrected chi connectivity index (χ1v) is 13.2. The molecule has 3 rings (SSSR count). The van der Waals surface area contributed by atoms with E-state index in [1.165, 1.54) is 0 Å². The lowest BCUT2D eigenvalue weighted by atomic mass is 9.78. The van der Waals surface area contributed by atoms with E-state index in [0.29, 0.717) is 37.0 Å². The van der Waals surface area contributed by atoms with E-state index in [4.69, 9.17) is 14.2 Å². The second-order valence-electron chi connectivity index (χ2n) is 13.3. The van der Waals surface area contributed by atoms with Gasteiger partial charge in [0.05, 0.1) is 7.11 Å². The second kappa shape index (κ2) is 10.4. The lowest BCUT2D eigenvalue weighted by molar-refractivity contribution is -0.159. The molecular formula is C30H46N2O5. The van der Waals surface area contributed by atoms with Gasteiger partial charge in [0.15, 0.2) is 0 Å². The highest BCUT2D eigenvalue weighted by Crippen LogP contribution is 2.38. The number of esters is 2. The van der Waals surface area contributed by atoms with Crippen molar-refractivity contribution in [1.82, 2.24) is 10.2 Å². The Labute approximate surface area is 222 Å². The van der Waals surface area contributed by atoms with E-state index in [0.717, 1.165) is 0 Å². The molecule has 0 unspecified atom stereocenters. The number of rotatable bonds is 6. The van der Waals surface area contributed by atoms with Crippen LogP contribution < -0.4 is 10.1 Å². The van der Waals surface area contributed by atoms with Crippen LogP contribution in [0.5, 0.6) is 5.75 Å². The van der Waals surface area contributed by atoms with Crippen molar-refractivity contribution in [2.75, 3.05) is 14.2 Å². The summed E-state index contributed by atoms with van der Waals surface area (Å²) in [5, 5.41) is 3.60. The van der Waals surface area contributed by atoms with Gasteiger partial charge in [-0.3, -0.25) is 4.90 Å². The van der Waals surface area contributed by atoms with Crippen LogP contribution in [0.15, 0.2) is 29.8 Å². The van der Waals surface area contributed by atoms with Crippen molar-refractivity contribution in [3.05, 3.63) is 35.4 Å². The first kappa shape index (κ1) is 29.2. The van der Waals surface area contributed by atoms with Gasteiger partial charge in [-0.25, -0.2) is 9.59 Å². The molecule has 7 heteroatoms. The fourth-order valence-corrected chi connectivity index (χ4v) is 6.17. The zero-order valence-corrected chi connectivity index (χ0v) is 24.4. The number of piperidine rings is 2. The van der Waals surface area contributed by atoms with Crippen molar-refractivity contribution in [1.29, 1.82) is 0 Å². The summed E-state index contributed by atoms with van der Waals surface area (Å²) in [4.78, 5) is 29.4. The molecule has 2 fully saturated rings. The van der Waals surface area contributed by atoms with Gasteiger partial charge in [0, 0.05) is 47.8 Å². The van der Waals surface area contributed by atoms with Crippen molar-refractivity contribution in [2.24, 2.45) is 0 Å². The Kier molecular flexibility index (Phi) is 8.21. The normalized spacial score (nSPS) is 23.8. The van der Waals surface area contributed by atoms with Crippen molar-refractivity contribution in [3.63, 3.8) is 0 Å². The second-order valence-corrected chi connectivity index (χ2v) is 13.3. The summed E-state index contributed by atoms with van der Waals surface area (Å²) in [6.45, 7) is 17.0. The molecule has 0 atom stereocenters. The van der Waals surface area contributed by atoms with Crippen LogP contribution in [0, 0.1) is 0 Å². The summed E-state index contributed by atoms with van der Waals surface area (Å²) in [6, 6.07) is 7.19. The number of ether oxygens (including phenoxy) is 3. The Bertz CT molecular complexity index is 989. The Morgan fingerprint density at radius 2 is 1.24 bits per heavy atom. The summed E-state index contributed by atoms with van der Waals surface area (Å²) in [5.74, 6) is -0.598. The van der Waals surface area contributed by atoms with Gasteiger partial charge in [0.2, 0.25) is 0 Å². The molecule has 0 saturated carbocycles. The lowest BCUT2D eigenvalue weighted by Gasteiger charge is -2.53. The number of likely N-dealkylation sites (tertiary alicyclic amines) is 1. The van der Waals surface area contributed by atoms with E-state index in [1.807, 2.05) is 0 Å². The molecular weight excluding hydrogens is 468 g/mol. The average Bonchev–Trinajstić information content (AvgIpc) is 2.73. The van der Waals surface area contributed by atoms with Gasteiger partial charge in [0.25, 0.3) is 0 Å². The number of hydrogen-bond donors (Lipinski definition) is 1. The van der Waals surface area contributed by atoms with Crippen LogP contribution in [0.3, 0.4) is 0 Å². The number of nitrogens with one attached hydrogen (secondary N) is 1. The molecule has 206 valence electrons. The number of methoxy groups -OCH3 is 1. The number of nitrogens with zero attached hydrogens (tertiary/aromatic N) is 1. The van der Waals surface area contributed by atoms with Crippen molar-refractivity contribution in [3.8, 4) is 5.75 Å². The molecule has 1 N–H and O–H groups in total. The van der Waals surface area contributed by atoms with Crippen LogP contribution in [0.1, 0.15) is 86.6 Å². The lowest BCUT2D eigenvalue weighted by Crippen LogP contribution is -2.60. The topological polar surface area (TPSA) is 77.1 Å². The minimum atomic E-state index is -0.647. The van der Waals surface area contributed by atoms with Crippen LogP contribution in [0.2, 0.25) is 0 Å². The van der Waals surface area contributed by atoms with Crippen LogP contribution in [0.4, 0.5) is 0 Å². The van der Waals surface area contributed by atoms with E-state index < -0.39 is 11.9 Å². The first-order chi connectivity index (χ1) is 16.9. The summed E-state index contributed by atoms with van der Waals surface area (Å²) in [7, 11) is 3.70. The quantitative estimate of drug-likeness (QED) is 0.244. The maximum absolute atomic E-state index is 13.5. The maximum Gasteiger partial charge on any atom is 0.345 e. The SMILES string of the molecule is COc1ccc(/C=C(\C(=O)OC2CC(C)(C)NC(C)(C)C2)C(=O)OC2CC(C)(C)N(C)C(C)(C)C2)cc1. The van der Waals surface area contributed by atoms with Gasteiger partial charge in [-0.15, -0.1) is 0 Å². The minimum Gasteiger partial charge on any atom is -0.497 e. The van der Waals surface area contributed by atoms with Gasteiger partial charge in [-0.05, 0) is 86.2 Å². The summed E-state index contributed by atoms with van der Waals surface area (Å²) < 4.78 is 17.2. The molecule has 0 amide bonds. The molecule has 2 saturated heterocycles. The largest absolute Gasteiger partial charge is 0.497 e. The minimum absolute atomic E-state index is 0.0890. The molecule has 0 bridgehead atoms. The van der Waals surface area contributed by atoms with E-state index >= 15 is 0 Å². The molecule has 2 heterocycles. The van der Waals surface area contributed by atoms with Crippen LogP contribution in [-0.2, 0) is 19.1 Å². The Balaban J connectivity index is 1.86. The van der Waals surface area contributed by atoms with Crippen LogP contribution >= 0.6 is 0 Å². The number of hydrogen-bond acceptors (Lipinski definition) is 7. The summed E-state index contributed by atoms with van der Waals surface area (Å²) >= 11 is 0. The standard InChI is InChI=1S/C30H46N2O5/c1-27(2)16-22(17-28(3,4)31-27)36-25(33)24(15-20-11-13-21(35-10)14-12-20)26(34)37-23-18-29(5,6)32(9)30(7,8)19-23/h11-15,22-23,31H,16-19H2,1-10H3/b24-15+. The van der Waals surface area contributed by atoms with Crippen LogP contribution in [-0.4, -0.2) is 65.4 Å². The van der Waals surface area contributed by atoms with Crippen molar-refractivity contribution >= 4 is 18.0 Å². The Morgan fingerprint density at radius 1 is 0.811 bits per heavy atom. The van der Waals surface area contributed by atoms with E-state index in [2.05, 4.69) is 72.7 Å². The third-order valence-electron chi connectivity index (χ3n) is 7.84. The Hall–Kier alpha value is -2.38. The fraction of sp³-hybridized carbons (Fsp3) is 0.667. The fourth-order valence-electron chi connectivity index (χ4n) is 6.17. The highest BCUT2D eigenvalue weighted by molar-refractivity contribution is 6.17. The molecule has 37 heavy (non-hydrogen) atoms. The predicted molar refractivity (Wildman–Crippen MR) is 146 cm³/mol. The van der Waals surface area contributed by atoms with E-state index in [9.17, 15) is 9.59 Å². The highest BCUT2D eigenvalue weighted by Gasteiger charge is 2.45. The highest BCUT2D eigenvalue weighted by atomic mass is 16.6. The molecule has 1 aromatic carbocycles. The smallest absolute Gasteiger partial charge is 0.345 e. The van der Waals surface area contributed by atoms with Gasteiger partial charge >= 0.3 is 11.9 Å². The van der Waals surface area contributed by atoms with Gasteiger partial charge in [0.1, 0.15) is 23.5 Å². The zero-order chi connectivity index (χ0) is 27.8. The number of benzene rings is 1. The Morgan fingerprint density at radius 3 is 1.68 bits per heavy atom. The molecule has 0 spiro atoms. The van der Waals surface area contributed by atoms with Crippen molar-refractivity contribution in [2.45, 2.75) is 115 Å². The third kappa shape index (κ3) is 7.35. The monoisotopic (exact) mass is 514 g/mol.